The summed E-state index contributed by atoms with van der Waals surface area (Å²) in [6.45, 7) is 7.02. The van der Waals surface area contributed by atoms with Crippen LogP contribution in [0.3, 0.4) is 0 Å². The van der Waals surface area contributed by atoms with Crippen molar-refractivity contribution >= 4 is 10.9 Å². The number of fused-ring (bicyclic) bond motifs is 1. The Morgan fingerprint density at radius 3 is 3.00 bits per heavy atom. The average molecular weight is 254 g/mol. The van der Waals surface area contributed by atoms with Gasteiger partial charge < -0.3 is 0 Å². The van der Waals surface area contributed by atoms with E-state index in [9.17, 15) is 0 Å². The number of pyridine rings is 1. The number of rotatable bonds is 3. The van der Waals surface area contributed by atoms with Gasteiger partial charge in [0, 0.05) is 24.2 Å². The maximum Gasteiger partial charge on any atom is 0.0702 e. The van der Waals surface area contributed by atoms with Gasteiger partial charge in [0.25, 0.3) is 0 Å². The molecule has 1 aliphatic rings. The van der Waals surface area contributed by atoms with E-state index in [4.69, 9.17) is 0 Å². The summed E-state index contributed by atoms with van der Waals surface area (Å²) in [4.78, 5) is 7.23. The predicted octanol–water partition coefficient (Wildman–Crippen LogP) is 4.03. The first-order chi connectivity index (χ1) is 9.24. The monoisotopic (exact) mass is 254 g/mol. The van der Waals surface area contributed by atoms with E-state index in [0.29, 0.717) is 6.04 Å². The molecule has 1 fully saturated rings. The Hall–Kier alpha value is -1.41. The molecule has 2 heterocycles. The number of aromatic nitrogens is 1. The zero-order valence-corrected chi connectivity index (χ0v) is 11.8. The van der Waals surface area contributed by atoms with Crippen LogP contribution in [0.25, 0.3) is 10.9 Å². The van der Waals surface area contributed by atoms with Crippen molar-refractivity contribution in [1.82, 2.24) is 9.88 Å². The first kappa shape index (κ1) is 12.6. The van der Waals surface area contributed by atoms with Crippen LogP contribution in [0, 0.1) is 5.92 Å². The molecule has 0 aliphatic carbocycles. The fourth-order valence-corrected chi connectivity index (χ4v) is 3.16. The Bertz CT molecular complexity index is 562. The van der Waals surface area contributed by atoms with Gasteiger partial charge in [-0.1, -0.05) is 32.0 Å². The normalized spacial score (nSPS) is 20.5. The molecule has 0 N–H and O–H groups in total. The van der Waals surface area contributed by atoms with Crippen LogP contribution in [-0.4, -0.2) is 23.0 Å². The van der Waals surface area contributed by atoms with E-state index in [2.05, 4.69) is 60.3 Å². The number of benzene rings is 1. The molecule has 0 bridgehead atoms. The lowest BCUT2D eigenvalue weighted by molar-refractivity contribution is 0.229. The minimum absolute atomic E-state index is 0.569. The second kappa shape index (κ2) is 5.30. The lowest BCUT2D eigenvalue weighted by atomic mass is 10.0. The minimum atomic E-state index is 0.569. The largest absolute Gasteiger partial charge is 0.296 e. The SMILES string of the molecule is CC(C)CN1CCCC1c1cnc2ccccc2c1. The standard InChI is InChI=1S/C17H22N2/c1-13(2)12-19-9-5-8-17(19)15-10-14-6-3-4-7-16(14)18-11-15/h3-4,6-7,10-11,13,17H,5,8-9,12H2,1-2H3. The fourth-order valence-electron chi connectivity index (χ4n) is 3.16. The Kier molecular flexibility index (Phi) is 3.52. The predicted molar refractivity (Wildman–Crippen MR) is 80.1 cm³/mol. The molecule has 2 nitrogen and oxygen atoms in total. The van der Waals surface area contributed by atoms with Gasteiger partial charge in [-0.3, -0.25) is 9.88 Å². The fraction of sp³-hybridized carbons (Fsp3) is 0.471. The van der Waals surface area contributed by atoms with Crippen LogP contribution >= 0.6 is 0 Å². The quantitative estimate of drug-likeness (QED) is 0.822. The molecule has 1 aromatic heterocycles. The molecule has 0 amide bonds. The third kappa shape index (κ3) is 2.64. The summed E-state index contributed by atoms with van der Waals surface area (Å²) in [7, 11) is 0. The van der Waals surface area contributed by atoms with Crippen LogP contribution in [0.2, 0.25) is 0 Å². The van der Waals surface area contributed by atoms with Crippen LogP contribution in [0.1, 0.15) is 38.3 Å². The number of nitrogens with zero attached hydrogens (tertiary/aromatic N) is 2. The third-order valence-electron chi connectivity index (χ3n) is 3.96. The van der Waals surface area contributed by atoms with E-state index >= 15 is 0 Å². The van der Waals surface area contributed by atoms with Gasteiger partial charge in [-0.05, 0) is 43.0 Å². The van der Waals surface area contributed by atoms with Gasteiger partial charge in [-0.15, -0.1) is 0 Å². The Morgan fingerprint density at radius 1 is 1.32 bits per heavy atom. The number of likely N-dealkylation sites (tertiary alicyclic amines) is 1. The zero-order chi connectivity index (χ0) is 13.2. The Balaban J connectivity index is 1.90. The summed E-state index contributed by atoms with van der Waals surface area (Å²) in [5.74, 6) is 0.731. The van der Waals surface area contributed by atoms with E-state index in [1.165, 1.54) is 36.9 Å². The van der Waals surface area contributed by atoms with Crippen LogP contribution in [0.4, 0.5) is 0 Å². The van der Waals surface area contributed by atoms with Crippen molar-refractivity contribution in [2.45, 2.75) is 32.7 Å². The van der Waals surface area contributed by atoms with Gasteiger partial charge >= 0.3 is 0 Å². The summed E-state index contributed by atoms with van der Waals surface area (Å²) in [5, 5.41) is 1.26. The molecule has 1 unspecified atom stereocenters. The van der Waals surface area contributed by atoms with Crippen molar-refractivity contribution < 1.29 is 0 Å². The molecule has 100 valence electrons. The van der Waals surface area contributed by atoms with Gasteiger partial charge in [0.05, 0.1) is 5.52 Å². The number of hydrogen-bond donors (Lipinski definition) is 0. The molecule has 3 rings (SSSR count). The lowest BCUT2D eigenvalue weighted by Crippen LogP contribution is -2.27. The molecular formula is C17H22N2. The van der Waals surface area contributed by atoms with Crippen molar-refractivity contribution in [3.63, 3.8) is 0 Å². The second-order valence-corrected chi connectivity index (χ2v) is 6.01. The maximum absolute atomic E-state index is 4.61. The summed E-state index contributed by atoms with van der Waals surface area (Å²) in [6, 6.07) is 11.3. The Morgan fingerprint density at radius 2 is 2.16 bits per heavy atom. The summed E-state index contributed by atoms with van der Waals surface area (Å²) in [5.41, 5.74) is 2.48. The molecule has 1 aromatic carbocycles. The van der Waals surface area contributed by atoms with Crippen molar-refractivity contribution in [2.24, 2.45) is 5.92 Å². The molecule has 0 saturated carbocycles. The highest BCUT2D eigenvalue weighted by molar-refractivity contribution is 5.78. The topological polar surface area (TPSA) is 16.1 Å². The van der Waals surface area contributed by atoms with E-state index in [-0.39, 0.29) is 0 Å². The molecule has 2 aromatic rings. The van der Waals surface area contributed by atoms with Crippen molar-refractivity contribution in [3.8, 4) is 0 Å². The molecule has 0 spiro atoms. The highest BCUT2D eigenvalue weighted by atomic mass is 15.2. The number of para-hydroxylation sites is 1. The second-order valence-electron chi connectivity index (χ2n) is 6.01. The van der Waals surface area contributed by atoms with Crippen LogP contribution in [-0.2, 0) is 0 Å². The minimum Gasteiger partial charge on any atom is -0.296 e. The molecule has 0 radical (unpaired) electrons. The van der Waals surface area contributed by atoms with Crippen LogP contribution in [0.5, 0.6) is 0 Å². The van der Waals surface area contributed by atoms with Gasteiger partial charge in [0.2, 0.25) is 0 Å². The summed E-state index contributed by atoms with van der Waals surface area (Å²) in [6.07, 6.45) is 4.66. The molecule has 19 heavy (non-hydrogen) atoms. The van der Waals surface area contributed by atoms with Gasteiger partial charge in [0.15, 0.2) is 0 Å². The number of hydrogen-bond acceptors (Lipinski definition) is 2. The molecule has 1 saturated heterocycles. The molecule has 1 aliphatic heterocycles. The first-order valence-corrected chi connectivity index (χ1v) is 7.33. The van der Waals surface area contributed by atoms with Crippen LogP contribution < -0.4 is 0 Å². The van der Waals surface area contributed by atoms with E-state index in [0.717, 1.165) is 11.4 Å². The van der Waals surface area contributed by atoms with E-state index < -0.39 is 0 Å². The highest BCUT2D eigenvalue weighted by Crippen LogP contribution is 2.33. The molecular weight excluding hydrogens is 232 g/mol. The maximum atomic E-state index is 4.61. The lowest BCUT2D eigenvalue weighted by Gasteiger charge is -2.26. The molecule has 2 heteroatoms. The highest BCUT2D eigenvalue weighted by Gasteiger charge is 2.26. The Labute approximate surface area is 115 Å². The summed E-state index contributed by atoms with van der Waals surface area (Å²) < 4.78 is 0. The zero-order valence-electron chi connectivity index (χ0n) is 11.8. The first-order valence-electron chi connectivity index (χ1n) is 7.33. The summed E-state index contributed by atoms with van der Waals surface area (Å²) >= 11 is 0. The average Bonchev–Trinajstić information content (AvgIpc) is 2.85. The van der Waals surface area contributed by atoms with Gasteiger partial charge in [-0.2, -0.15) is 0 Å². The third-order valence-corrected chi connectivity index (χ3v) is 3.96. The van der Waals surface area contributed by atoms with E-state index in [1.54, 1.807) is 0 Å². The van der Waals surface area contributed by atoms with E-state index in [1.807, 2.05) is 0 Å². The van der Waals surface area contributed by atoms with Gasteiger partial charge in [0.1, 0.15) is 0 Å². The van der Waals surface area contributed by atoms with Crippen molar-refractivity contribution in [2.75, 3.05) is 13.1 Å². The van der Waals surface area contributed by atoms with Crippen molar-refractivity contribution in [3.05, 3.63) is 42.1 Å². The smallest absolute Gasteiger partial charge is 0.0702 e. The van der Waals surface area contributed by atoms with Gasteiger partial charge in [-0.25, -0.2) is 0 Å². The van der Waals surface area contributed by atoms with Crippen LogP contribution in [0.15, 0.2) is 36.5 Å². The van der Waals surface area contributed by atoms with Crippen molar-refractivity contribution in [1.29, 1.82) is 0 Å². The molecule has 1 atom stereocenters.